The van der Waals surface area contributed by atoms with Gasteiger partial charge in [0.05, 0.1) is 0 Å². The molecule has 1 aromatic heterocycles. The Morgan fingerprint density at radius 3 is 3.00 bits per heavy atom. The first-order chi connectivity index (χ1) is 10.0. The maximum absolute atomic E-state index is 12.2. The third kappa shape index (κ3) is 4.07. The zero-order chi connectivity index (χ0) is 15.4. The quantitative estimate of drug-likeness (QED) is 0.772. The van der Waals surface area contributed by atoms with Crippen LogP contribution < -0.4 is 16.4 Å². The summed E-state index contributed by atoms with van der Waals surface area (Å²) in [4.78, 5) is 14.7. The van der Waals surface area contributed by atoms with Crippen LogP contribution in [0, 0.1) is 0 Å². The van der Waals surface area contributed by atoms with Crippen LogP contribution in [-0.4, -0.2) is 46.9 Å². The number of anilines is 2. The summed E-state index contributed by atoms with van der Waals surface area (Å²) in [5.41, 5.74) is 6.35. The summed E-state index contributed by atoms with van der Waals surface area (Å²) < 4.78 is 4.13. The van der Waals surface area contributed by atoms with Crippen LogP contribution in [0.1, 0.15) is 44.0 Å². The number of nitrogens with zero attached hydrogens (tertiary/aromatic N) is 2. The third-order valence-electron chi connectivity index (χ3n) is 3.65. The molecule has 1 aliphatic rings. The molecule has 0 aromatic carbocycles. The van der Waals surface area contributed by atoms with Crippen molar-refractivity contribution in [2.75, 3.05) is 30.7 Å². The first-order valence-electron chi connectivity index (χ1n) is 7.56. The zero-order valence-corrected chi connectivity index (χ0v) is 13.8. The molecule has 0 radical (unpaired) electrons. The lowest BCUT2D eigenvalue weighted by molar-refractivity contribution is 0.0945. The lowest BCUT2D eigenvalue weighted by atomic mass is 10.1. The normalized spacial score (nSPS) is 19.7. The molecule has 118 valence electrons. The molecule has 0 bridgehead atoms. The van der Waals surface area contributed by atoms with E-state index in [-0.39, 0.29) is 11.9 Å². The van der Waals surface area contributed by atoms with Crippen molar-refractivity contribution in [2.24, 2.45) is 0 Å². The monoisotopic (exact) mass is 311 g/mol. The molecular formula is C14H25N5OS. The van der Waals surface area contributed by atoms with Gasteiger partial charge in [0, 0.05) is 18.6 Å². The molecule has 4 N–H and O–H groups in total. The van der Waals surface area contributed by atoms with Crippen LogP contribution in [0.25, 0.3) is 0 Å². The molecule has 1 amide bonds. The Labute approximate surface area is 130 Å². The number of nitrogen functional groups attached to an aromatic ring is 1. The minimum Gasteiger partial charge on any atom is -0.382 e. The molecule has 0 spiro atoms. The molecule has 6 nitrogen and oxygen atoms in total. The van der Waals surface area contributed by atoms with E-state index in [4.69, 9.17) is 5.73 Å². The second kappa shape index (κ2) is 7.09. The van der Waals surface area contributed by atoms with E-state index in [1.165, 1.54) is 18.0 Å². The average Bonchev–Trinajstić information content (AvgIpc) is 2.79. The number of piperidine rings is 1. The second-order valence-corrected chi connectivity index (χ2v) is 6.55. The predicted molar refractivity (Wildman–Crippen MR) is 87.9 cm³/mol. The van der Waals surface area contributed by atoms with Crippen molar-refractivity contribution >= 4 is 28.3 Å². The second-order valence-electron chi connectivity index (χ2n) is 5.78. The summed E-state index contributed by atoms with van der Waals surface area (Å²) in [7, 11) is 0. The fourth-order valence-corrected chi connectivity index (χ4v) is 3.39. The van der Waals surface area contributed by atoms with E-state index in [2.05, 4.69) is 26.8 Å². The van der Waals surface area contributed by atoms with E-state index >= 15 is 0 Å². The van der Waals surface area contributed by atoms with Gasteiger partial charge in [0.1, 0.15) is 10.6 Å². The van der Waals surface area contributed by atoms with Gasteiger partial charge in [0.15, 0.2) is 5.82 Å². The third-order valence-corrected chi connectivity index (χ3v) is 4.45. The van der Waals surface area contributed by atoms with Crippen LogP contribution in [0.5, 0.6) is 0 Å². The van der Waals surface area contributed by atoms with E-state index in [1.807, 2.05) is 13.8 Å². The lowest BCUT2D eigenvalue weighted by Crippen LogP contribution is -2.42. The molecule has 2 rings (SSSR count). The summed E-state index contributed by atoms with van der Waals surface area (Å²) in [6.07, 6.45) is 2.28. The number of rotatable bonds is 5. The molecule has 21 heavy (non-hydrogen) atoms. The lowest BCUT2D eigenvalue weighted by Gasteiger charge is -2.32. The Kier molecular flexibility index (Phi) is 5.41. The molecule has 0 aliphatic carbocycles. The maximum atomic E-state index is 12.2. The molecule has 1 fully saturated rings. The van der Waals surface area contributed by atoms with E-state index in [0.717, 1.165) is 31.1 Å². The van der Waals surface area contributed by atoms with Crippen LogP contribution >= 0.6 is 11.5 Å². The van der Waals surface area contributed by atoms with Gasteiger partial charge in [0.25, 0.3) is 5.91 Å². The van der Waals surface area contributed by atoms with E-state index in [9.17, 15) is 4.79 Å². The smallest absolute Gasteiger partial charge is 0.258 e. The van der Waals surface area contributed by atoms with Crippen LogP contribution in [0.2, 0.25) is 0 Å². The zero-order valence-electron chi connectivity index (χ0n) is 13.0. The number of hydrogen-bond donors (Lipinski definition) is 3. The van der Waals surface area contributed by atoms with Crippen LogP contribution in [-0.2, 0) is 0 Å². The largest absolute Gasteiger partial charge is 0.382 e. The Balaban J connectivity index is 2.08. The van der Waals surface area contributed by atoms with Gasteiger partial charge >= 0.3 is 0 Å². The maximum Gasteiger partial charge on any atom is 0.258 e. The Hall–Kier alpha value is -1.34. The van der Waals surface area contributed by atoms with Gasteiger partial charge in [-0.25, -0.2) is 0 Å². The summed E-state index contributed by atoms with van der Waals surface area (Å²) in [5.74, 6) is 0.158. The summed E-state index contributed by atoms with van der Waals surface area (Å²) >= 11 is 1.27. The van der Waals surface area contributed by atoms with Crippen molar-refractivity contribution in [3.63, 3.8) is 0 Å². The number of carbonyl (C=O) groups is 1. The number of carbonyl (C=O) groups excluding carboxylic acids is 1. The van der Waals surface area contributed by atoms with Crippen molar-refractivity contribution in [3.8, 4) is 0 Å². The van der Waals surface area contributed by atoms with Crippen molar-refractivity contribution < 1.29 is 4.79 Å². The Morgan fingerprint density at radius 2 is 2.33 bits per heavy atom. The number of nitrogens with one attached hydrogen (secondary N) is 2. The summed E-state index contributed by atoms with van der Waals surface area (Å²) in [5, 5.41) is 7.13. The van der Waals surface area contributed by atoms with Crippen LogP contribution in [0.15, 0.2) is 0 Å². The van der Waals surface area contributed by atoms with Gasteiger partial charge in [0.2, 0.25) is 0 Å². The number of nitrogens with two attached hydrogens (primary N) is 1. The van der Waals surface area contributed by atoms with E-state index in [0.29, 0.717) is 17.4 Å². The first kappa shape index (κ1) is 16.0. The van der Waals surface area contributed by atoms with Crippen molar-refractivity contribution in [1.82, 2.24) is 14.6 Å². The van der Waals surface area contributed by atoms with Crippen molar-refractivity contribution in [2.45, 2.75) is 45.7 Å². The summed E-state index contributed by atoms with van der Waals surface area (Å²) in [6.45, 7) is 9.25. The Morgan fingerprint density at radius 1 is 1.57 bits per heavy atom. The Bertz CT molecular complexity index is 488. The van der Waals surface area contributed by atoms with Gasteiger partial charge in [-0.2, -0.15) is 4.37 Å². The summed E-state index contributed by atoms with van der Waals surface area (Å²) in [6, 6.07) is 0.430. The minimum atomic E-state index is -0.151. The molecule has 1 aromatic rings. The van der Waals surface area contributed by atoms with Crippen molar-refractivity contribution in [3.05, 3.63) is 5.56 Å². The highest BCUT2D eigenvalue weighted by atomic mass is 32.1. The highest BCUT2D eigenvalue weighted by Crippen LogP contribution is 2.28. The molecule has 1 saturated heterocycles. The highest BCUT2D eigenvalue weighted by Gasteiger charge is 2.24. The van der Waals surface area contributed by atoms with Gasteiger partial charge in [-0.05, 0) is 51.3 Å². The molecule has 1 atom stereocenters. The first-order valence-corrected chi connectivity index (χ1v) is 8.33. The number of amides is 1. The predicted octanol–water partition coefficient (Wildman–Crippen LogP) is 1.76. The van der Waals surface area contributed by atoms with Crippen molar-refractivity contribution in [1.29, 1.82) is 0 Å². The van der Waals surface area contributed by atoms with Gasteiger partial charge in [-0.1, -0.05) is 6.92 Å². The average molecular weight is 311 g/mol. The minimum absolute atomic E-state index is 0.0786. The standard InChI is InChI=1S/C14H25N5OS/c1-4-19-7-5-6-10(8-19)17-14-11(12(15)18-21-14)13(20)16-9(2)3/h9-10,17H,4-8H2,1-3H3,(H2,15,18)(H,16,20). The molecule has 7 heteroatoms. The number of aromatic nitrogens is 1. The number of likely N-dealkylation sites (tertiary alicyclic amines) is 1. The van der Waals surface area contributed by atoms with Crippen LogP contribution in [0.3, 0.4) is 0 Å². The van der Waals surface area contributed by atoms with E-state index < -0.39 is 0 Å². The molecule has 0 saturated carbocycles. The fraction of sp³-hybridized carbons (Fsp3) is 0.714. The van der Waals surface area contributed by atoms with Gasteiger partial charge < -0.3 is 21.3 Å². The molecular weight excluding hydrogens is 286 g/mol. The van der Waals surface area contributed by atoms with Gasteiger partial charge in [-0.3, -0.25) is 4.79 Å². The fourth-order valence-electron chi connectivity index (χ4n) is 2.60. The van der Waals surface area contributed by atoms with Crippen LogP contribution in [0.4, 0.5) is 10.8 Å². The van der Waals surface area contributed by atoms with Gasteiger partial charge in [-0.15, -0.1) is 0 Å². The molecule has 1 aliphatic heterocycles. The SMILES string of the molecule is CCN1CCCC(Nc2snc(N)c2C(=O)NC(C)C)C1. The number of hydrogen-bond acceptors (Lipinski definition) is 6. The topological polar surface area (TPSA) is 83.3 Å². The molecule has 2 heterocycles. The number of likely N-dealkylation sites (N-methyl/N-ethyl adjacent to an activating group) is 1. The highest BCUT2D eigenvalue weighted by molar-refractivity contribution is 7.11. The molecule has 1 unspecified atom stereocenters. The van der Waals surface area contributed by atoms with E-state index in [1.54, 1.807) is 0 Å².